The molecule has 0 aliphatic rings. The van der Waals surface area contributed by atoms with Crippen LogP contribution in [0.2, 0.25) is 0 Å². The van der Waals surface area contributed by atoms with E-state index in [2.05, 4.69) is 20.6 Å². The SMILES string of the molecule is COc1ccc(-c2nn3c(C)nnc3s2)cc1NC(=O)COc1cccc(C)c1C. The molecule has 1 amide bonds. The first-order valence-corrected chi connectivity index (χ1v) is 10.1. The third kappa shape index (κ3) is 3.84. The number of benzene rings is 2. The van der Waals surface area contributed by atoms with E-state index in [-0.39, 0.29) is 12.5 Å². The molecule has 8 nitrogen and oxygen atoms in total. The fourth-order valence-corrected chi connectivity index (χ4v) is 3.86. The number of hydrogen-bond acceptors (Lipinski definition) is 7. The van der Waals surface area contributed by atoms with E-state index in [1.54, 1.807) is 17.7 Å². The number of carbonyl (C=O) groups is 1. The maximum Gasteiger partial charge on any atom is 0.262 e. The van der Waals surface area contributed by atoms with Gasteiger partial charge in [-0.05, 0) is 56.2 Å². The summed E-state index contributed by atoms with van der Waals surface area (Å²) in [6, 6.07) is 11.3. The number of carbonyl (C=O) groups excluding carboxylic acids is 1. The summed E-state index contributed by atoms with van der Waals surface area (Å²) < 4.78 is 12.8. The average molecular weight is 423 g/mol. The first kappa shape index (κ1) is 19.8. The second kappa shape index (κ2) is 8.11. The van der Waals surface area contributed by atoms with Gasteiger partial charge in [-0.15, -0.1) is 10.2 Å². The summed E-state index contributed by atoms with van der Waals surface area (Å²) in [5.74, 6) is 1.69. The molecule has 0 atom stereocenters. The Morgan fingerprint density at radius 3 is 2.73 bits per heavy atom. The molecule has 0 saturated heterocycles. The van der Waals surface area contributed by atoms with E-state index in [1.807, 2.05) is 51.1 Å². The van der Waals surface area contributed by atoms with Crippen LogP contribution in [0.3, 0.4) is 0 Å². The van der Waals surface area contributed by atoms with E-state index in [0.717, 1.165) is 27.5 Å². The van der Waals surface area contributed by atoms with E-state index in [1.165, 1.54) is 11.3 Å². The lowest BCUT2D eigenvalue weighted by Crippen LogP contribution is -2.20. The minimum absolute atomic E-state index is 0.104. The molecule has 9 heteroatoms. The molecular formula is C21H21N5O3S. The number of anilines is 1. The van der Waals surface area contributed by atoms with Crippen molar-refractivity contribution in [1.82, 2.24) is 19.8 Å². The highest BCUT2D eigenvalue weighted by molar-refractivity contribution is 7.19. The molecule has 2 aromatic carbocycles. The molecule has 2 heterocycles. The number of hydrogen-bond donors (Lipinski definition) is 1. The smallest absolute Gasteiger partial charge is 0.262 e. The van der Waals surface area contributed by atoms with Crippen LogP contribution >= 0.6 is 11.3 Å². The quantitative estimate of drug-likeness (QED) is 0.507. The van der Waals surface area contributed by atoms with Crippen LogP contribution in [0.15, 0.2) is 36.4 Å². The molecule has 0 fully saturated rings. The summed E-state index contributed by atoms with van der Waals surface area (Å²) in [5, 5.41) is 16.3. The lowest BCUT2D eigenvalue weighted by Gasteiger charge is -2.13. The molecule has 4 rings (SSSR count). The molecule has 4 aromatic rings. The maximum absolute atomic E-state index is 12.5. The number of methoxy groups -OCH3 is 1. The predicted molar refractivity (Wildman–Crippen MR) is 115 cm³/mol. The molecule has 0 aliphatic carbocycles. The molecule has 0 radical (unpaired) electrons. The van der Waals surface area contributed by atoms with Crippen molar-refractivity contribution in [2.45, 2.75) is 20.8 Å². The van der Waals surface area contributed by atoms with Crippen LogP contribution in [-0.4, -0.2) is 39.4 Å². The summed E-state index contributed by atoms with van der Waals surface area (Å²) in [6.07, 6.45) is 0. The van der Waals surface area contributed by atoms with Gasteiger partial charge in [0.2, 0.25) is 4.96 Å². The Morgan fingerprint density at radius 2 is 1.97 bits per heavy atom. The van der Waals surface area contributed by atoms with Gasteiger partial charge >= 0.3 is 0 Å². The molecule has 0 aliphatic heterocycles. The van der Waals surface area contributed by atoms with E-state index in [4.69, 9.17) is 9.47 Å². The molecule has 0 bridgehead atoms. The zero-order valence-electron chi connectivity index (χ0n) is 17.1. The first-order chi connectivity index (χ1) is 14.5. The second-order valence-electron chi connectivity index (χ2n) is 6.80. The normalized spacial score (nSPS) is 10.9. The number of amides is 1. The molecule has 30 heavy (non-hydrogen) atoms. The minimum Gasteiger partial charge on any atom is -0.495 e. The molecule has 0 spiro atoms. The Balaban J connectivity index is 1.53. The lowest BCUT2D eigenvalue weighted by atomic mass is 10.1. The van der Waals surface area contributed by atoms with Gasteiger partial charge in [0, 0.05) is 5.56 Å². The molecule has 2 aromatic heterocycles. The van der Waals surface area contributed by atoms with Crippen LogP contribution in [0.1, 0.15) is 17.0 Å². The monoisotopic (exact) mass is 423 g/mol. The third-order valence-corrected chi connectivity index (χ3v) is 5.73. The maximum atomic E-state index is 12.5. The molecular weight excluding hydrogens is 402 g/mol. The average Bonchev–Trinajstić information content (AvgIpc) is 3.31. The predicted octanol–water partition coefficient (Wildman–Crippen LogP) is 3.80. The van der Waals surface area contributed by atoms with E-state index in [0.29, 0.717) is 22.1 Å². The Kier molecular flexibility index (Phi) is 5.37. The number of fused-ring (bicyclic) bond motifs is 1. The van der Waals surface area contributed by atoms with Gasteiger partial charge in [-0.2, -0.15) is 9.61 Å². The molecule has 0 unspecified atom stereocenters. The van der Waals surface area contributed by atoms with Crippen molar-refractivity contribution in [3.8, 4) is 22.1 Å². The van der Waals surface area contributed by atoms with Gasteiger partial charge in [0.15, 0.2) is 12.4 Å². The highest BCUT2D eigenvalue weighted by atomic mass is 32.1. The second-order valence-corrected chi connectivity index (χ2v) is 7.75. The zero-order chi connectivity index (χ0) is 21.3. The van der Waals surface area contributed by atoms with Crippen LogP contribution in [-0.2, 0) is 4.79 Å². The largest absolute Gasteiger partial charge is 0.495 e. The number of rotatable bonds is 6. The summed E-state index contributed by atoms with van der Waals surface area (Å²) in [7, 11) is 1.56. The lowest BCUT2D eigenvalue weighted by molar-refractivity contribution is -0.118. The van der Waals surface area contributed by atoms with Crippen molar-refractivity contribution in [1.29, 1.82) is 0 Å². The Bertz CT molecular complexity index is 1230. The van der Waals surface area contributed by atoms with Crippen LogP contribution < -0.4 is 14.8 Å². The van der Waals surface area contributed by atoms with Crippen molar-refractivity contribution in [2.24, 2.45) is 0 Å². The van der Waals surface area contributed by atoms with Gasteiger partial charge in [0.1, 0.15) is 16.5 Å². The van der Waals surface area contributed by atoms with E-state index < -0.39 is 0 Å². The fraction of sp³-hybridized carbons (Fsp3) is 0.238. The van der Waals surface area contributed by atoms with Gasteiger partial charge in [-0.1, -0.05) is 23.5 Å². The van der Waals surface area contributed by atoms with Gasteiger partial charge in [0.05, 0.1) is 12.8 Å². The summed E-state index contributed by atoms with van der Waals surface area (Å²) in [6.45, 7) is 5.72. The third-order valence-electron chi connectivity index (χ3n) is 4.78. The highest BCUT2D eigenvalue weighted by Crippen LogP contribution is 2.32. The van der Waals surface area contributed by atoms with Crippen molar-refractivity contribution in [3.63, 3.8) is 0 Å². The molecule has 1 N–H and O–H groups in total. The Hall–Kier alpha value is -3.46. The van der Waals surface area contributed by atoms with E-state index >= 15 is 0 Å². The highest BCUT2D eigenvalue weighted by Gasteiger charge is 2.15. The van der Waals surface area contributed by atoms with Gasteiger partial charge < -0.3 is 14.8 Å². The van der Waals surface area contributed by atoms with Crippen molar-refractivity contribution >= 4 is 27.9 Å². The van der Waals surface area contributed by atoms with Gasteiger partial charge in [0.25, 0.3) is 5.91 Å². The number of nitrogens with one attached hydrogen (secondary N) is 1. The van der Waals surface area contributed by atoms with E-state index in [9.17, 15) is 4.79 Å². The topological polar surface area (TPSA) is 90.6 Å². The standard InChI is InChI=1S/C21H21N5O3S/c1-12-6-5-7-17(13(12)2)29-11-19(27)22-16-10-15(8-9-18(16)28-4)20-25-26-14(3)23-24-21(26)30-20/h5-10H,11H2,1-4H3,(H,22,27). The van der Waals surface area contributed by atoms with Crippen LogP contribution in [0, 0.1) is 20.8 Å². The van der Waals surface area contributed by atoms with Crippen LogP contribution in [0.25, 0.3) is 15.5 Å². The van der Waals surface area contributed by atoms with Gasteiger partial charge in [-0.3, -0.25) is 4.79 Å². The van der Waals surface area contributed by atoms with Gasteiger partial charge in [-0.25, -0.2) is 0 Å². The fourth-order valence-electron chi connectivity index (χ4n) is 2.98. The van der Waals surface area contributed by atoms with Crippen molar-refractivity contribution in [2.75, 3.05) is 19.0 Å². The Morgan fingerprint density at radius 1 is 1.13 bits per heavy atom. The number of aryl methyl sites for hydroxylation is 2. The number of aromatic nitrogens is 4. The van der Waals surface area contributed by atoms with Crippen LogP contribution in [0.4, 0.5) is 5.69 Å². The molecule has 154 valence electrons. The summed E-state index contributed by atoms with van der Waals surface area (Å²) in [4.78, 5) is 13.2. The number of nitrogens with zero attached hydrogens (tertiary/aromatic N) is 4. The summed E-state index contributed by atoms with van der Waals surface area (Å²) in [5.41, 5.74) is 3.52. The van der Waals surface area contributed by atoms with Crippen LogP contribution in [0.5, 0.6) is 11.5 Å². The van der Waals surface area contributed by atoms with Crippen molar-refractivity contribution in [3.05, 3.63) is 53.3 Å². The zero-order valence-corrected chi connectivity index (χ0v) is 17.9. The number of ether oxygens (including phenoxy) is 2. The summed E-state index contributed by atoms with van der Waals surface area (Å²) >= 11 is 1.42. The minimum atomic E-state index is -0.277. The first-order valence-electron chi connectivity index (χ1n) is 9.32. The Labute approximate surface area is 177 Å². The molecule has 0 saturated carbocycles. The van der Waals surface area contributed by atoms with Crippen molar-refractivity contribution < 1.29 is 14.3 Å².